The topological polar surface area (TPSA) is 76.1 Å². The van der Waals surface area contributed by atoms with Gasteiger partial charge in [0.05, 0.1) is 25.3 Å². The minimum Gasteiger partial charge on any atom is -0.507 e. The molecule has 1 unspecified atom stereocenters. The summed E-state index contributed by atoms with van der Waals surface area (Å²) in [6.07, 6.45) is 0. The van der Waals surface area contributed by atoms with Gasteiger partial charge in [-0.2, -0.15) is 0 Å². The molecule has 3 aromatic rings. The summed E-state index contributed by atoms with van der Waals surface area (Å²) in [5.74, 6) is -0.557. The van der Waals surface area contributed by atoms with E-state index in [0.717, 1.165) is 5.56 Å². The van der Waals surface area contributed by atoms with E-state index in [0.29, 0.717) is 34.9 Å². The fourth-order valence-corrected chi connectivity index (χ4v) is 4.40. The van der Waals surface area contributed by atoms with Gasteiger partial charge in [-0.1, -0.05) is 57.2 Å². The summed E-state index contributed by atoms with van der Waals surface area (Å²) in [6.45, 7) is 8.66. The zero-order valence-electron chi connectivity index (χ0n) is 21.2. The Morgan fingerprint density at radius 1 is 0.944 bits per heavy atom. The van der Waals surface area contributed by atoms with Crippen LogP contribution < -0.4 is 14.4 Å². The van der Waals surface area contributed by atoms with Gasteiger partial charge < -0.3 is 14.6 Å². The van der Waals surface area contributed by atoms with Crippen LogP contribution in [0.2, 0.25) is 0 Å². The molecule has 0 saturated carbocycles. The van der Waals surface area contributed by atoms with Crippen LogP contribution in [0.3, 0.4) is 0 Å². The predicted octanol–water partition coefficient (Wildman–Crippen LogP) is 6.02. The molecule has 186 valence electrons. The second-order valence-corrected chi connectivity index (χ2v) is 9.70. The van der Waals surface area contributed by atoms with Crippen LogP contribution in [0.5, 0.6) is 11.5 Å². The number of aliphatic hydroxyl groups excluding tert-OH is 1. The Balaban J connectivity index is 1.91. The zero-order valence-corrected chi connectivity index (χ0v) is 21.2. The van der Waals surface area contributed by atoms with Gasteiger partial charge in [0.15, 0.2) is 0 Å². The maximum Gasteiger partial charge on any atom is 0.300 e. The molecule has 1 amide bonds. The Bertz CT molecular complexity index is 1320. The monoisotopic (exact) mass is 485 g/mol. The fourth-order valence-electron chi connectivity index (χ4n) is 4.40. The lowest BCUT2D eigenvalue weighted by Gasteiger charge is -2.27. The molecule has 0 spiro atoms. The largest absolute Gasteiger partial charge is 0.507 e. The van der Waals surface area contributed by atoms with E-state index in [-0.39, 0.29) is 16.7 Å². The lowest BCUT2D eigenvalue weighted by Crippen LogP contribution is -2.29. The van der Waals surface area contributed by atoms with E-state index in [1.807, 2.05) is 37.3 Å². The lowest BCUT2D eigenvalue weighted by molar-refractivity contribution is -0.132. The first kappa shape index (κ1) is 25.0. The van der Waals surface area contributed by atoms with Gasteiger partial charge in [-0.25, -0.2) is 0 Å². The summed E-state index contributed by atoms with van der Waals surface area (Å²) in [4.78, 5) is 28.3. The normalized spacial score (nSPS) is 17.4. The number of anilines is 1. The average molecular weight is 486 g/mol. The number of hydrogen-bond acceptors (Lipinski definition) is 5. The van der Waals surface area contributed by atoms with Crippen LogP contribution in [0.4, 0.5) is 5.69 Å². The third kappa shape index (κ3) is 4.71. The van der Waals surface area contributed by atoms with Crippen molar-refractivity contribution in [1.29, 1.82) is 0 Å². The molecular weight excluding hydrogens is 454 g/mol. The number of benzene rings is 3. The molecule has 6 nitrogen and oxygen atoms in total. The number of nitrogens with zero attached hydrogens (tertiary/aromatic N) is 1. The number of carbonyl (C=O) groups excluding carboxylic acids is 2. The van der Waals surface area contributed by atoms with Crippen molar-refractivity contribution in [2.24, 2.45) is 0 Å². The molecule has 1 saturated heterocycles. The fraction of sp³-hybridized carbons (Fsp3) is 0.267. The number of rotatable bonds is 6. The number of hydrogen-bond donors (Lipinski definition) is 1. The molecule has 0 aliphatic carbocycles. The highest BCUT2D eigenvalue weighted by atomic mass is 16.5. The van der Waals surface area contributed by atoms with Crippen LogP contribution in [0.15, 0.2) is 78.4 Å². The Morgan fingerprint density at radius 2 is 1.61 bits per heavy atom. The van der Waals surface area contributed by atoms with Gasteiger partial charge in [0.1, 0.15) is 17.3 Å². The summed E-state index contributed by atoms with van der Waals surface area (Å²) in [5.41, 5.74) is 2.67. The highest BCUT2D eigenvalue weighted by molar-refractivity contribution is 6.51. The van der Waals surface area contributed by atoms with Gasteiger partial charge in [0.2, 0.25) is 0 Å². The Morgan fingerprint density at radius 3 is 2.25 bits per heavy atom. The van der Waals surface area contributed by atoms with Gasteiger partial charge >= 0.3 is 0 Å². The SMILES string of the molecule is CCOc1cccc(/C(O)=C2/C(=O)C(=O)N(c3ccc(C(C)(C)C)cc3)C2c2cccc(OC)c2)c1. The van der Waals surface area contributed by atoms with Gasteiger partial charge in [0.25, 0.3) is 11.7 Å². The number of Topliss-reactive ketones (excluding diaryl/α,β-unsaturated/α-hetero) is 1. The van der Waals surface area contributed by atoms with Crippen molar-refractivity contribution in [3.8, 4) is 11.5 Å². The molecule has 1 atom stereocenters. The van der Waals surface area contributed by atoms with Crippen LogP contribution in [-0.2, 0) is 15.0 Å². The first-order valence-corrected chi connectivity index (χ1v) is 11.9. The van der Waals surface area contributed by atoms with Crippen molar-refractivity contribution >= 4 is 23.1 Å². The van der Waals surface area contributed by atoms with Crippen LogP contribution in [-0.4, -0.2) is 30.5 Å². The number of methoxy groups -OCH3 is 1. The van der Waals surface area contributed by atoms with Crippen LogP contribution >= 0.6 is 0 Å². The van der Waals surface area contributed by atoms with Crippen molar-refractivity contribution in [1.82, 2.24) is 0 Å². The second-order valence-electron chi connectivity index (χ2n) is 9.70. The average Bonchev–Trinajstić information content (AvgIpc) is 3.14. The number of aliphatic hydroxyl groups is 1. The van der Waals surface area contributed by atoms with E-state index >= 15 is 0 Å². The number of ketones is 1. The molecule has 1 aliphatic rings. The van der Waals surface area contributed by atoms with Crippen LogP contribution in [0, 0.1) is 0 Å². The highest BCUT2D eigenvalue weighted by Gasteiger charge is 2.47. The zero-order chi connectivity index (χ0) is 26.0. The summed E-state index contributed by atoms with van der Waals surface area (Å²) in [7, 11) is 1.56. The molecule has 1 N–H and O–H groups in total. The minimum absolute atomic E-state index is 0.0156. The molecule has 1 fully saturated rings. The number of carbonyl (C=O) groups is 2. The van der Waals surface area contributed by atoms with Gasteiger partial charge in [0, 0.05) is 11.3 Å². The Kier molecular flexibility index (Phi) is 6.88. The summed E-state index contributed by atoms with van der Waals surface area (Å²) >= 11 is 0. The summed E-state index contributed by atoms with van der Waals surface area (Å²) in [6, 6.07) is 20.8. The van der Waals surface area contributed by atoms with Crippen molar-refractivity contribution in [3.63, 3.8) is 0 Å². The van der Waals surface area contributed by atoms with E-state index in [2.05, 4.69) is 20.8 Å². The van der Waals surface area contributed by atoms with E-state index in [1.165, 1.54) is 4.90 Å². The lowest BCUT2D eigenvalue weighted by atomic mass is 9.87. The van der Waals surface area contributed by atoms with E-state index in [1.54, 1.807) is 49.6 Å². The number of amides is 1. The molecule has 4 rings (SSSR count). The summed E-state index contributed by atoms with van der Waals surface area (Å²) in [5, 5.41) is 11.4. The Labute approximate surface area is 211 Å². The highest BCUT2D eigenvalue weighted by Crippen LogP contribution is 2.43. The van der Waals surface area contributed by atoms with Crippen LogP contribution in [0.25, 0.3) is 5.76 Å². The molecule has 0 aromatic heterocycles. The molecule has 3 aromatic carbocycles. The molecule has 0 radical (unpaired) electrons. The molecular formula is C30H31NO5. The van der Waals surface area contributed by atoms with Gasteiger partial charge in [-0.15, -0.1) is 0 Å². The smallest absolute Gasteiger partial charge is 0.300 e. The van der Waals surface area contributed by atoms with Crippen molar-refractivity contribution in [2.75, 3.05) is 18.6 Å². The van der Waals surface area contributed by atoms with Gasteiger partial charge in [-0.3, -0.25) is 14.5 Å². The molecule has 1 aliphatic heterocycles. The number of ether oxygens (including phenoxy) is 2. The first-order valence-electron chi connectivity index (χ1n) is 11.9. The molecule has 1 heterocycles. The third-order valence-corrected chi connectivity index (χ3v) is 6.28. The van der Waals surface area contributed by atoms with E-state index in [9.17, 15) is 14.7 Å². The van der Waals surface area contributed by atoms with Crippen molar-refractivity contribution in [3.05, 3.63) is 95.1 Å². The van der Waals surface area contributed by atoms with E-state index < -0.39 is 17.7 Å². The third-order valence-electron chi connectivity index (χ3n) is 6.28. The minimum atomic E-state index is -0.837. The molecule has 36 heavy (non-hydrogen) atoms. The Hall–Kier alpha value is -4.06. The summed E-state index contributed by atoms with van der Waals surface area (Å²) < 4.78 is 11.0. The van der Waals surface area contributed by atoms with Crippen LogP contribution in [0.1, 0.15) is 50.4 Å². The molecule has 0 bridgehead atoms. The standard InChI is InChI=1S/C30H31NO5/c1-6-36-24-12-8-10-20(18-24)27(32)25-26(19-9-7-11-23(17-19)35-5)31(29(34)28(25)33)22-15-13-21(14-16-22)30(2,3)4/h7-18,26,32H,6H2,1-5H3/b27-25-. The van der Waals surface area contributed by atoms with Gasteiger partial charge in [-0.05, 0) is 59.9 Å². The van der Waals surface area contributed by atoms with E-state index in [4.69, 9.17) is 9.47 Å². The van der Waals surface area contributed by atoms with Crippen molar-refractivity contribution in [2.45, 2.75) is 39.2 Å². The quantitative estimate of drug-likeness (QED) is 0.263. The van der Waals surface area contributed by atoms with Crippen molar-refractivity contribution < 1.29 is 24.2 Å². The molecule has 6 heteroatoms. The first-order chi connectivity index (χ1) is 17.2. The predicted molar refractivity (Wildman–Crippen MR) is 141 cm³/mol. The second kappa shape index (κ2) is 9.90. The maximum atomic E-state index is 13.4. The maximum absolute atomic E-state index is 13.4.